The Balaban J connectivity index is 0.000000552. The Morgan fingerprint density at radius 2 is 0.671 bits per heavy atom. The summed E-state index contributed by atoms with van der Waals surface area (Å²) in [7, 11) is 0. The first-order valence-corrected chi connectivity index (χ1v) is 28.3. The van der Waals surface area contributed by atoms with Gasteiger partial charge in [0.25, 0.3) is 12.9 Å². The fourth-order valence-electron chi connectivity index (χ4n) is 8.18. The number of hydrogen-bond donors (Lipinski definition) is 2. The number of carboxylic acids is 1. The zero-order chi connectivity index (χ0) is 60.2. The van der Waals surface area contributed by atoms with Crippen molar-refractivity contribution in [3.8, 4) is 34.5 Å². The van der Waals surface area contributed by atoms with Gasteiger partial charge in [-0.15, -0.1) is 0 Å². The summed E-state index contributed by atoms with van der Waals surface area (Å²) >= 11 is 0. The lowest BCUT2D eigenvalue weighted by molar-refractivity contribution is -0.139. The van der Waals surface area contributed by atoms with E-state index < -0.39 is 5.97 Å². The smallest absolute Gasteiger partial charge is 0.317 e. The molecular formula is C58H84N4O23. The molecule has 0 atom stereocenters. The molecule has 3 aliphatic rings. The van der Waals surface area contributed by atoms with Gasteiger partial charge in [-0.3, -0.25) is 38.7 Å². The van der Waals surface area contributed by atoms with Crippen molar-refractivity contribution >= 4 is 36.2 Å². The normalized spacial score (nSPS) is 16.9. The molecule has 3 heterocycles. The maximum atomic E-state index is 13.4. The highest BCUT2D eigenvalue weighted by Crippen LogP contribution is 2.31. The monoisotopic (exact) mass is 1200 g/mol. The highest BCUT2D eigenvalue weighted by atomic mass is 16.6. The van der Waals surface area contributed by atoms with Crippen molar-refractivity contribution in [1.29, 1.82) is 0 Å². The lowest BCUT2D eigenvalue weighted by Gasteiger charge is -2.28. The molecular weight excluding hydrogens is 1120 g/mol. The molecule has 85 heavy (non-hydrogen) atoms. The molecule has 0 radical (unpaired) electrons. The standard InChI is InChI=1S/C44H63N3O18.C14H21NO5/c48-34-60-32-46(29-38(50)25-36-1-3-40-42(27-36)64-23-19-58-15-11-54-9-13-56-17-21-62-40)7-5-45(31-44(52)53)6-8-47(33-61-35-49)30-39(51)26-37-2-4-41-43(28-37)65-24-20-59-16-12-55-10-14-57-18-22-63-41;15-12-1-2-13-14(11-12)20-10-8-18-6-4-16-3-5-17-7-9-19-13/h1-4,27-28,34-35H,5-26,29-33H2,(H,52,53);1-2,11H,3-10,15H2. The van der Waals surface area contributed by atoms with Crippen LogP contribution in [0.3, 0.4) is 0 Å². The predicted octanol–water partition coefficient (Wildman–Crippen LogP) is 1.59. The van der Waals surface area contributed by atoms with E-state index in [4.69, 9.17) is 86.3 Å². The molecule has 0 saturated carbocycles. The highest BCUT2D eigenvalue weighted by Gasteiger charge is 2.20. The van der Waals surface area contributed by atoms with E-state index in [-0.39, 0.29) is 123 Å². The Bertz CT molecular complexity index is 2240. The average molecular weight is 1210 g/mol. The van der Waals surface area contributed by atoms with Crippen molar-refractivity contribution in [1.82, 2.24) is 14.7 Å². The van der Waals surface area contributed by atoms with Crippen LogP contribution in [0.4, 0.5) is 5.69 Å². The van der Waals surface area contributed by atoms with E-state index in [1.165, 1.54) is 0 Å². The van der Waals surface area contributed by atoms with Gasteiger partial charge >= 0.3 is 5.97 Å². The minimum atomic E-state index is -1.10. The molecule has 0 amide bonds. The number of Topliss-reactive ketones (excluding diaryl/α,β-unsaturated/α-hetero) is 2. The molecule has 3 aliphatic heterocycles. The van der Waals surface area contributed by atoms with E-state index in [9.17, 15) is 29.1 Å². The number of fused-ring (bicyclic) bond motifs is 3. The minimum Gasteiger partial charge on any atom is -0.487 e. The zero-order valence-electron chi connectivity index (χ0n) is 48.4. The molecule has 0 spiro atoms. The summed E-state index contributed by atoms with van der Waals surface area (Å²) in [6.07, 6.45) is 0.0488. The molecule has 0 aromatic heterocycles. The Morgan fingerprint density at radius 1 is 0.388 bits per heavy atom. The largest absolute Gasteiger partial charge is 0.487 e. The SMILES string of the molecule is Nc1ccc2c(c1)OCCOCCOCCOCCO2.O=COCN(CCN(CCN(COC=O)CC(=O)Cc1ccc2c(c1)OCCOCCOCCOCCO2)CC(=O)O)CC(=O)Cc1ccc2c(c1)OCCOCCOCCOCCO2. The number of nitrogens with two attached hydrogens (primary N) is 1. The number of benzene rings is 3. The van der Waals surface area contributed by atoms with Gasteiger partial charge in [0, 0.05) is 50.8 Å². The van der Waals surface area contributed by atoms with Crippen molar-refractivity contribution in [2.24, 2.45) is 0 Å². The van der Waals surface area contributed by atoms with E-state index in [1.54, 1.807) is 69.3 Å². The molecule has 0 bridgehead atoms. The lowest BCUT2D eigenvalue weighted by Crippen LogP contribution is -2.44. The second kappa shape index (κ2) is 44.0. The number of carbonyl (C=O) groups excluding carboxylic acids is 4. The van der Waals surface area contributed by atoms with Crippen LogP contribution in [0, 0.1) is 0 Å². The number of nitrogen functional groups attached to an aromatic ring is 1. The third-order valence-corrected chi connectivity index (χ3v) is 12.2. The molecule has 6 rings (SSSR count). The Kier molecular flexibility index (Phi) is 35.9. The molecule has 27 nitrogen and oxygen atoms in total. The molecule has 27 heteroatoms. The summed E-state index contributed by atoms with van der Waals surface area (Å²) in [6.45, 7) is 10.1. The summed E-state index contributed by atoms with van der Waals surface area (Å²) in [6, 6.07) is 15.8. The van der Waals surface area contributed by atoms with Crippen molar-refractivity contribution in [2.75, 3.05) is 224 Å². The number of carbonyl (C=O) groups is 5. The molecule has 0 fully saturated rings. The molecule has 474 valence electrons. The van der Waals surface area contributed by atoms with Gasteiger partial charge in [0.15, 0.2) is 46.1 Å². The van der Waals surface area contributed by atoms with Crippen LogP contribution in [0.2, 0.25) is 0 Å². The van der Waals surface area contributed by atoms with E-state index in [2.05, 4.69) is 0 Å². The zero-order valence-corrected chi connectivity index (χ0v) is 48.4. The first kappa shape index (κ1) is 69.3. The molecule has 3 aromatic rings. The second-order valence-electron chi connectivity index (χ2n) is 18.9. The maximum absolute atomic E-state index is 13.4. The van der Waals surface area contributed by atoms with Gasteiger partial charge in [-0.25, -0.2) is 0 Å². The number of ketones is 2. The fraction of sp³-hybridized carbons (Fsp3) is 0.603. The van der Waals surface area contributed by atoms with E-state index in [0.717, 1.165) is 0 Å². The summed E-state index contributed by atoms with van der Waals surface area (Å²) in [5.41, 5.74) is 7.72. The van der Waals surface area contributed by atoms with Gasteiger partial charge < -0.3 is 91.4 Å². The molecule has 0 aliphatic carbocycles. The van der Waals surface area contributed by atoms with E-state index in [0.29, 0.717) is 183 Å². The van der Waals surface area contributed by atoms with Gasteiger partial charge in [0.05, 0.1) is 139 Å². The molecule has 0 saturated heterocycles. The van der Waals surface area contributed by atoms with Crippen LogP contribution in [0.25, 0.3) is 0 Å². The third kappa shape index (κ3) is 31.5. The van der Waals surface area contributed by atoms with Crippen molar-refractivity contribution < 1.29 is 110 Å². The number of aliphatic carboxylic acids is 1. The van der Waals surface area contributed by atoms with Crippen LogP contribution in [-0.2, 0) is 88.9 Å². The number of ether oxygens (including phenoxy) is 17. The molecule has 3 aromatic carbocycles. The summed E-state index contributed by atoms with van der Waals surface area (Å²) < 4.78 is 94.1. The highest BCUT2D eigenvalue weighted by molar-refractivity contribution is 5.83. The predicted molar refractivity (Wildman–Crippen MR) is 303 cm³/mol. The van der Waals surface area contributed by atoms with Gasteiger partial charge in [-0.05, 0) is 47.5 Å². The maximum Gasteiger partial charge on any atom is 0.317 e. The second-order valence-corrected chi connectivity index (χ2v) is 18.9. The van der Waals surface area contributed by atoms with Gasteiger partial charge in [-0.1, -0.05) is 12.1 Å². The number of hydrogen-bond acceptors (Lipinski definition) is 26. The van der Waals surface area contributed by atoms with Crippen LogP contribution in [0.15, 0.2) is 54.6 Å². The van der Waals surface area contributed by atoms with Crippen LogP contribution < -0.4 is 34.2 Å². The lowest BCUT2D eigenvalue weighted by atomic mass is 10.1. The van der Waals surface area contributed by atoms with Crippen molar-refractivity contribution in [3.63, 3.8) is 0 Å². The van der Waals surface area contributed by atoms with Crippen LogP contribution in [0.1, 0.15) is 11.1 Å². The summed E-state index contributed by atoms with van der Waals surface area (Å²) in [4.78, 5) is 65.8. The molecule has 0 unspecified atom stereocenters. The first-order valence-electron chi connectivity index (χ1n) is 28.3. The quantitative estimate of drug-likeness (QED) is 0.0820. The Labute approximate surface area is 495 Å². The van der Waals surface area contributed by atoms with Gasteiger partial charge in [0.2, 0.25) is 0 Å². The van der Waals surface area contributed by atoms with Gasteiger partial charge in [-0.2, -0.15) is 0 Å². The number of rotatable bonds is 22. The average Bonchev–Trinajstić information content (AvgIpc) is 3.55. The minimum absolute atomic E-state index is 0.0244. The topological polar surface area (TPSA) is 298 Å². The fourth-order valence-corrected chi connectivity index (χ4v) is 8.18. The summed E-state index contributed by atoms with van der Waals surface area (Å²) in [5.74, 6) is 1.66. The molecule has 3 N–H and O–H groups in total. The summed E-state index contributed by atoms with van der Waals surface area (Å²) in [5, 5.41) is 9.74. The number of carboxylic acid groups (broad SMARTS) is 1. The Hall–Kier alpha value is -6.47. The van der Waals surface area contributed by atoms with Gasteiger partial charge in [0.1, 0.15) is 53.1 Å². The van der Waals surface area contributed by atoms with E-state index in [1.807, 2.05) is 0 Å². The van der Waals surface area contributed by atoms with E-state index >= 15 is 0 Å². The Morgan fingerprint density at radius 3 is 0.988 bits per heavy atom. The van der Waals surface area contributed by atoms with Crippen LogP contribution in [-0.4, -0.2) is 268 Å². The van der Waals surface area contributed by atoms with Crippen LogP contribution >= 0.6 is 0 Å². The first-order chi connectivity index (χ1) is 41.7. The number of nitrogens with zero attached hydrogens (tertiary/aromatic N) is 3. The van der Waals surface area contributed by atoms with Crippen molar-refractivity contribution in [3.05, 3.63) is 65.7 Å². The van der Waals surface area contributed by atoms with Crippen molar-refractivity contribution in [2.45, 2.75) is 12.8 Å². The third-order valence-electron chi connectivity index (χ3n) is 12.2. The van der Waals surface area contributed by atoms with Crippen LogP contribution in [0.5, 0.6) is 34.5 Å². The number of anilines is 1.